The average molecular weight is 219 g/mol. The number of hydrogen-bond donors (Lipinski definition) is 0. The maximum absolute atomic E-state index is 11.4. The number of ether oxygens (including phenoxy) is 1. The number of nitrogens with zero attached hydrogens (tertiary/aromatic N) is 1. The monoisotopic (exact) mass is 219 g/mol. The first kappa shape index (κ1) is 11.1. The quantitative estimate of drug-likeness (QED) is 0.725. The molecule has 3 nitrogen and oxygen atoms in total. The molecule has 1 saturated heterocycles. The van der Waals surface area contributed by atoms with E-state index in [9.17, 15) is 4.79 Å². The molecule has 0 radical (unpaired) electrons. The maximum atomic E-state index is 11.4. The van der Waals surface area contributed by atoms with Crippen molar-refractivity contribution in [3.05, 3.63) is 35.4 Å². The number of aryl methyl sites for hydroxylation is 1. The van der Waals surface area contributed by atoms with Crippen LogP contribution in [0.1, 0.15) is 17.5 Å². The largest absolute Gasteiger partial charge is 0.468 e. The number of rotatable bonds is 3. The van der Waals surface area contributed by atoms with Crippen molar-refractivity contribution in [2.24, 2.45) is 0 Å². The average Bonchev–Trinajstić information content (AvgIpc) is 2.26. The van der Waals surface area contributed by atoms with E-state index in [0.717, 1.165) is 19.5 Å². The Kier molecular flexibility index (Phi) is 3.25. The third kappa shape index (κ3) is 2.25. The van der Waals surface area contributed by atoms with E-state index in [2.05, 4.69) is 36.1 Å². The van der Waals surface area contributed by atoms with Gasteiger partial charge in [-0.05, 0) is 18.9 Å². The standard InChI is InChI=1S/C13H17NO2/c1-10-3-5-11(6-4-10)9-14-8-7-12(14)13(15)16-2/h3-6,12H,7-9H2,1-2H3. The summed E-state index contributed by atoms with van der Waals surface area (Å²) in [5, 5.41) is 0. The molecule has 0 bridgehead atoms. The number of carbonyl (C=O) groups excluding carboxylic acids is 1. The van der Waals surface area contributed by atoms with Crippen LogP contribution in [0, 0.1) is 6.92 Å². The summed E-state index contributed by atoms with van der Waals surface area (Å²) in [7, 11) is 1.45. The van der Waals surface area contributed by atoms with Crippen LogP contribution in [0.15, 0.2) is 24.3 Å². The van der Waals surface area contributed by atoms with Gasteiger partial charge in [0.1, 0.15) is 6.04 Å². The van der Waals surface area contributed by atoms with Crippen molar-refractivity contribution in [1.29, 1.82) is 0 Å². The van der Waals surface area contributed by atoms with Gasteiger partial charge in [0.2, 0.25) is 0 Å². The molecule has 86 valence electrons. The molecule has 0 aromatic heterocycles. The molecule has 1 aliphatic rings. The van der Waals surface area contributed by atoms with Crippen LogP contribution in [0.2, 0.25) is 0 Å². The van der Waals surface area contributed by atoms with Crippen LogP contribution in [0.4, 0.5) is 0 Å². The number of benzene rings is 1. The summed E-state index contributed by atoms with van der Waals surface area (Å²) in [6.45, 7) is 3.89. The van der Waals surface area contributed by atoms with Gasteiger partial charge in [0.05, 0.1) is 7.11 Å². The van der Waals surface area contributed by atoms with Crippen LogP contribution in [0.25, 0.3) is 0 Å². The fraction of sp³-hybridized carbons (Fsp3) is 0.462. The summed E-state index contributed by atoms with van der Waals surface area (Å²) in [5.74, 6) is -0.113. The van der Waals surface area contributed by atoms with Crippen molar-refractivity contribution in [3.8, 4) is 0 Å². The highest BCUT2D eigenvalue weighted by Gasteiger charge is 2.34. The minimum absolute atomic E-state index is 0.0358. The number of esters is 1. The van der Waals surface area contributed by atoms with E-state index in [1.807, 2.05) is 0 Å². The molecule has 1 aromatic rings. The molecule has 0 amide bonds. The van der Waals surface area contributed by atoms with Gasteiger partial charge in [-0.15, -0.1) is 0 Å². The molecule has 0 saturated carbocycles. The van der Waals surface area contributed by atoms with Crippen molar-refractivity contribution in [1.82, 2.24) is 4.90 Å². The molecule has 1 fully saturated rings. The summed E-state index contributed by atoms with van der Waals surface area (Å²) in [6, 6.07) is 8.39. The van der Waals surface area contributed by atoms with Crippen LogP contribution >= 0.6 is 0 Å². The third-order valence-electron chi connectivity index (χ3n) is 3.11. The second-order valence-corrected chi connectivity index (χ2v) is 4.28. The lowest BCUT2D eigenvalue weighted by Crippen LogP contribution is -2.52. The Morgan fingerprint density at radius 2 is 2.12 bits per heavy atom. The summed E-state index contributed by atoms with van der Waals surface area (Å²) in [4.78, 5) is 13.5. The molecule has 3 heteroatoms. The van der Waals surface area contributed by atoms with E-state index >= 15 is 0 Å². The van der Waals surface area contributed by atoms with Gasteiger partial charge in [0.15, 0.2) is 0 Å². The number of hydrogen-bond acceptors (Lipinski definition) is 3. The van der Waals surface area contributed by atoms with Crippen LogP contribution < -0.4 is 0 Å². The second-order valence-electron chi connectivity index (χ2n) is 4.28. The van der Waals surface area contributed by atoms with Crippen molar-refractivity contribution >= 4 is 5.97 Å². The first-order valence-corrected chi connectivity index (χ1v) is 5.58. The summed E-state index contributed by atoms with van der Waals surface area (Å²) < 4.78 is 4.76. The fourth-order valence-corrected chi connectivity index (χ4v) is 1.96. The van der Waals surface area contributed by atoms with Crippen LogP contribution in [0.3, 0.4) is 0 Å². The zero-order chi connectivity index (χ0) is 11.5. The van der Waals surface area contributed by atoms with Gasteiger partial charge in [-0.2, -0.15) is 0 Å². The first-order chi connectivity index (χ1) is 7.70. The van der Waals surface area contributed by atoms with E-state index in [4.69, 9.17) is 4.74 Å². The highest BCUT2D eigenvalue weighted by atomic mass is 16.5. The summed E-state index contributed by atoms with van der Waals surface area (Å²) in [5.41, 5.74) is 2.51. The van der Waals surface area contributed by atoms with Gasteiger partial charge in [-0.3, -0.25) is 9.69 Å². The molecule has 1 heterocycles. The van der Waals surface area contributed by atoms with Crippen molar-refractivity contribution in [2.75, 3.05) is 13.7 Å². The van der Waals surface area contributed by atoms with E-state index < -0.39 is 0 Å². The molecular weight excluding hydrogens is 202 g/mol. The number of likely N-dealkylation sites (tertiary alicyclic amines) is 1. The SMILES string of the molecule is COC(=O)C1CCN1Cc1ccc(C)cc1. The van der Waals surface area contributed by atoms with Crippen molar-refractivity contribution in [3.63, 3.8) is 0 Å². The Morgan fingerprint density at radius 1 is 1.44 bits per heavy atom. The second kappa shape index (κ2) is 4.66. The lowest BCUT2D eigenvalue weighted by Gasteiger charge is -2.38. The third-order valence-corrected chi connectivity index (χ3v) is 3.11. The Hall–Kier alpha value is -1.35. The van der Waals surface area contributed by atoms with Gasteiger partial charge >= 0.3 is 5.97 Å². The highest BCUT2D eigenvalue weighted by molar-refractivity contribution is 5.76. The van der Waals surface area contributed by atoms with Gasteiger partial charge in [0.25, 0.3) is 0 Å². The molecule has 0 N–H and O–H groups in total. The number of carbonyl (C=O) groups is 1. The smallest absolute Gasteiger partial charge is 0.323 e. The molecule has 0 aliphatic carbocycles. The number of methoxy groups -OCH3 is 1. The molecule has 1 aromatic carbocycles. The van der Waals surface area contributed by atoms with Crippen molar-refractivity contribution in [2.45, 2.75) is 25.9 Å². The zero-order valence-electron chi connectivity index (χ0n) is 9.77. The van der Waals surface area contributed by atoms with Gasteiger partial charge in [0, 0.05) is 13.1 Å². The molecule has 1 unspecified atom stereocenters. The molecule has 0 spiro atoms. The predicted molar refractivity (Wildman–Crippen MR) is 62.0 cm³/mol. The fourth-order valence-electron chi connectivity index (χ4n) is 1.96. The lowest BCUT2D eigenvalue weighted by atomic mass is 10.0. The van der Waals surface area contributed by atoms with Crippen LogP contribution in [-0.4, -0.2) is 30.6 Å². The van der Waals surface area contributed by atoms with E-state index in [0.29, 0.717) is 0 Å². The van der Waals surface area contributed by atoms with Crippen LogP contribution in [0.5, 0.6) is 0 Å². The Bertz CT molecular complexity index is 372. The van der Waals surface area contributed by atoms with Crippen molar-refractivity contribution < 1.29 is 9.53 Å². The Balaban J connectivity index is 1.95. The molecule has 1 atom stereocenters. The Morgan fingerprint density at radius 3 is 2.62 bits per heavy atom. The molecule has 2 rings (SSSR count). The van der Waals surface area contributed by atoms with Gasteiger partial charge in [-0.1, -0.05) is 29.8 Å². The topological polar surface area (TPSA) is 29.5 Å². The highest BCUT2D eigenvalue weighted by Crippen LogP contribution is 2.21. The summed E-state index contributed by atoms with van der Waals surface area (Å²) in [6.07, 6.45) is 0.915. The maximum Gasteiger partial charge on any atom is 0.323 e. The Labute approximate surface area is 96.0 Å². The molecule has 16 heavy (non-hydrogen) atoms. The minimum Gasteiger partial charge on any atom is -0.468 e. The first-order valence-electron chi connectivity index (χ1n) is 5.58. The van der Waals surface area contributed by atoms with Crippen LogP contribution in [-0.2, 0) is 16.1 Å². The minimum atomic E-state index is -0.113. The van der Waals surface area contributed by atoms with E-state index in [1.54, 1.807) is 0 Å². The normalized spacial score (nSPS) is 20.2. The summed E-state index contributed by atoms with van der Waals surface area (Å²) >= 11 is 0. The van der Waals surface area contributed by atoms with Gasteiger partial charge < -0.3 is 4.74 Å². The zero-order valence-corrected chi connectivity index (χ0v) is 9.77. The van der Waals surface area contributed by atoms with E-state index in [1.165, 1.54) is 18.2 Å². The molecular formula is C13H17NO2. The lowest BCUT2D eigenvalue weighted by molar-refractivity contribution is -0.152. The van der Waals surface area contributed by atoms with E-state index in [-0.39, 0.29) is 12.0 Å². The molecule has 1 aliphatic heterocycles. The van der Waals surface area contributed by atoms with Gasteiger partial charge in [-0.25, -0.2) is 0 Å². The predicted octanol–water partition coefficient (Wildman–Crippen LogP) is 1.74.